The molecule has 24 heteroatoms. The number of fused-ring (bicyclic) bond motifs is 5. The average molecular weight is 1330 g/mol. The minimum Gasteiger partial charge on any atom is -0.398 e. The van der Waals surface area contributed by atoms with Crippen LogP contribution in [-0.4, -0.2) is 99.7 Å². The fourth-order valence-electron chi connectivity index (χ4n) is 8.62. The van der Waals surface area contributed by atoms with Gasteiger partial charge in [-0.05, 0) is 190 Å². The molecule has 460 valence electrons. The molecular weight excluding hydrogens is 1250 g/mol. The van der Waals surface area contributed by atoms with Gasteiger partial charge in [0.2, 0.25) is 0 Å². The number of benzene rings is 3. The highest BCUT2D eigenvalue weighted by Crippen LogP contribution is 2.38. The number of nitrogens with two attached hydrogens (primary N) is 1. The molecular formula is C62H78BBr2ClF3N13O4. The lowest BCUT2D eigenvalue weighted by Gasteiger charge is -2.32. The van der Waals surface area contributed by atoms with Gasteiger partial charge in [-0.1, -0.05) is 32.4 Å². The van der Waals surface area contributed by atoms with E-state index in [9.17, 15) is 22.8 Å². The molecule has 0 bridgehead atoms. The van der Waals surface area contributed by atoms with Gasteiger partial charge in [-0.25, -0.2) is 43.1 Å². The van der Waals surface area contributed by atoms with Crippen molar-refractivity contribution in [2.24, 2.45) is 5.73 Å². The van der Waals surface area contributed by atoms with Crippen LogP contribution in [0.3, 0.4) is 0 Å². The van der Waals surface area contributed by atoms with E-state index in [0.717, 1.165) is 54.1 Å². The highest BCUT2D eigenvalue weighted by Gasteiger charge is 2.52. The summed E-state index contributed by atoms with van der Waals surface area (Å²) < 4.78 is 54.2. The molecule has 3 aliphatic rings. The van der Waals surface area contributed by atoms with Crippen molar-refractivity contribution < 1.29 is 32.1 Å². The average Bonchev–Trinajstić information content (AvgIpc) is 1.78. The largest absolute Gasteiger partial charge is 0.512 e. The highest BCUT2D eigenvalue weighted by molar-refractivity contribution is 9.11. The van der Waals surface area contributed by atoms with Gasteiger partial charge in [0, 0.05) is 59.5 Å². The molecule has 0 radical (unpaired) electrons. The SMILES string of the molecule is CC1(C)OB(c2cc3c([nH]2)CCNC3=O)OC1(C)C.CCC(C)(C)N.CCC(C)(C)Nc1nc2c(-c3cc4c([nH]3)CCNC4=O)c(F)ccc2nc1C.CCC(C)(C)Nc1nc2c(Br)c(F)ccc2nc1C.Cc1nc2ccc(F)c(Br)c2nc1Cl. The van der Waals surface area contributed by atoms with Gasteiger partial charge in [0.25, 0.3) is 11.8 Å². The maximum absolute atomic E-state index is 14.9. The summed E-state index contributed by atoms with van der Waals surface area (Å²) in [5.74, 6) is 0.0768. The normalized spacial score (nSPS) is 15.2. The lowest BCUT2D eigenvalue weighted by molar-refractivity contribution is 0.00578. The third-order valence-corrected chi connectivity index (χ3v) is 17.6. The molecule has 2 amide bonds. The molecule has 8 aromatic rings. The topological polar surface area (TPSA) is 236 Å². The Bertz CT molecular complexity index is 3820. The number of hydrogen-bond donors (Lipinski definition) is 7. The molecule has 8 heterocycles. The van der Waals surface area contributed by atoms with Crippen molar-refractivity contribution in [3.8, 4) is 11.3 Å². The van der Waals surface area contributed by atoms with Crippen LogP contribution in [0.2, 0.25) is 5.15 Å². The van der Waals surface area contributed by atoms with Crippen LogP contribution in [-0.2, 0) is 22.2 Å². The van der Waals surface area contributed by atoms with E-state index < -0.39 is 12.9 Å². The minimum absolute atomic E-state index is 0.0275. The summed E-state index contributed by atoms with van der Waals surface area (Å²) in [5.41, 5.74) is 14.9. The lowest BCUT2D eigenvalue weighted by atomic mass is 9.85. The maximum Gasteiger partial charge on any atom is 0.512 e. The number of rotatable bonds is 9. The number of nitrogens with one attached hydrogen (secondary N) is 6. The Morgan fingerprint density at radius 3 is 1.47 bits per heavy atom. The van der Waals surface area contributed by atoms with Crippen LogP contribution in [0.5, 0.6) is 0 Å². The molecule has 1 fully saturated rings. The molecule has 0 unspecified atom stereocenters. The van der Waals surface area contributed by atoms with Crippen LogP contribution in [0.4, 0.5) is 24.8 Å². The highest BCUT2D eigenvalue weighted by atomic mass is 79.9. The van der Waals surface area contributed by atoms with Gasteiger partial charge < -0.3 is 46.3 Å². The van der Waals surface area contributed by atoms with E-state index >= 15 is 0 Å². The molecule has 86 heavy (non-hydrogen) atoms. The van der Waals surface area contributed by atoms with E-state index in [1.165, 1.54) is 18.2 Å². The Hall–Kier alpha value is -6.24. The van der Waals surface area contributed by atoms with E-state index in [1.54, 1.807) is 31.2 Å². The van der Waals surface area contributed by atoms with Gasteiger partial charge in [0.1, 0.15) is 45.6 Å². The zero-order valence-electron chi connectivity index (χ0n) is 51.8. The number of anilines is 2. The van der Waals surface area contributed by atoms with Gasteiger partial charge in [0.15, 0.2) is 5.15 Å². The number of aryl methyl sites for hydroxylation is 3. The Morgan fingerprint density at radius 2 is 1.02 bits per heavy atom. The summed E-state index contributed by atoms with van der Waals surface area (Å²) in [4.78, 5) is 56.9. The molecule has 3 aliphatic heterocycles. The Balaban J connectivity index is 0.000000163. The van der Waals surface area contributed by atoms with Crippen molar-refractivity contribution in [1.29, 1.82) is 0 Å². The molecule has 17 nitrogen and oxygen atoms in total. The standard InChI is InChI=1S/C21H24FN5O.C14H17BrFN3.C13H19BN2O3.C9H5BrClFN2.C5H13N/c1-5-21(3,4)27-19-11(2)24-15-7-6-13(22)17(18(15)26-19)16-10-12-14(25-16)8-9-23-20(12)28;1-5-14(3,4)19-13-8(2)17-10-7-6-9(16)11(15)12(10)18-13;1-12(2)13(3,4)19-14(18-12)10-7-8-9(16-10)5-6-15-11(8)17;1-4-9(11)14-8-6(13-4)3-2-5(12)7(8)10;1-4-5(2,3)6/h6-7,10,25H,5,8-9H2,1-4H3,(H,23,28)(H,26,27);6-7H,5H2,1-4H3,(H,18,19);7,16H,5-6H2,1-4H3,(H,15,17);2-3H,1H3;4,6H2,1-3H3. The van der Waals surface area contributed by atoms with Crippen molar-refractivity contribution in [3.05, 3.63) is 120 Å². The monoisotopic (exact) mass is 1330 g/mol. The molecule has 11 rings (SSSR count). The van der Waals surface area contributed by atoms with E-state index in [4.69, 9.17) is 31.6 Å². The fraction of sp³-hybridized carbons (Fsp3) is 0.452. The molecule has 0 aliphatic carbocycles. The van der Waals surface area contributed by atoms with Gasteiger partial charge >= 0.3 is 7.12 Å². The smallest absolute Gasteiger partial charge is 0.398 e. The number of amides is 2. The zero-order chi connectivity index (χ0) is 63.6. The van der Waals surface area contributed by atoms with Gasteiger partial charge in [0.05, 0.1) is 76.2 Å². The molecule has 0 spiro atoms. The van der Waals surface area contributed by atoms with Gasteiger partial charge in [-0.2, -0.15) is 0 Å². The molecule has 0 atom stereocenters. The predicted molar refractivity (Wildman–Crippen MR) is 346 cm³/mol. The summed E-state index contributed by atoms with van der Waals surface area (Å²) in [7, 11) is -0.441. The van der Waals surface area contributed by atoms with E-state index in [-0.39, 0.29) is 51.3 Å². The summed E-state index contributed by atoms with van der Waals surface area (Å²) in [5, 5.41) is 12.7. The quantitative estimate of drug-likeness (QED) is 0.0667. The van der Waals surface area contributed by atoms with Crippen LogP contribution in [0.25, 0.3) is 44.4 Å². The van der Waals surface area contributed by atoms with Crippen molar-refractivity contribution in [2.45, 2.75) is 171 Å². The molecule has 5 aromatic heterocycles. The first-order valence-corrected chi connectivity index (χ1v) is 30.6. The van der Waals surface area contributed by atoms with E-state index in [0.29, 0.717) is 106 Å². The van der Waals surface area contributed by atoms with Gasteiger partial charge in [-0.15, -0.1) is 0 Å². The van der Waals surface area contributed by atoms with Gasteiger partial charge in [-0.3, -0.25) is 9.59 Å². The predicted octanol–water partition coefficient (Wildman–Crippen LogP) is 13.6. The second-order valence-corrected chi connectivity index (χ2v) is 26.5. The summed E-state index contributed by atoms with van der Waals surface area (Å²) in [6, 6.07) is 12.5. The lowest BCUT2D eigenvalue weighted by Crippen LogP contribution is -2.41. The third kappa shape index (κ3) is 15.7. The van der Waals surface area contributed by atoms with Crippen LogP contribution in [0.15, 0.2) is 57.5 Å². The van der Waals surface area contributed by atoms with E-state index in [1.807, 2.05) is 61.5 Å². The van der Waals surface area contributed by atoms with E-state index in [2.05, 4.69) is 136 Å². The number of H-pyrrole nitrogens is 2. The second kappa shape index (κ2) is 26.6. The first-order valence-electron chi connectivity index (χ1n) is 28.7. The molecule has 8 N–H and O–H groups in total. The van der Waals surface area contributed by atoms with Crippen molar-refractivity contribution in [2.75, 3.05) is 23.7 Å². The number of halogens is 6. The number of nitrogens with zero attached hydrogens (tertiary/aromatic N) is 6. The van der Waals surface area contributed by atoms with Crippen molar-refractivity contribution in [1.82, 2.24) is 50.5 Å². The Labute approximate surface area is 523 Å². The van der Waals surface area contributed by atoms with Crippen LogP contribution >= 0.6 is 43.5 Å². The maximum atomic E-state index is 14.9. The van der Waals surface area contributed by atoms with Crippen molar-refractivity contribution in [3.63, 3.8) is 0 Å². The number of carbonyl (C=O) groups excluding carboxylic acids is 2. The molecule has 3 aromatic carbocycles. The summed E-state index contributed by atoms with van der Waals surface area (Å²) >= 11 is 12.1. The summed E-state index contributed by atoms with van der Waals surface area (Å²) in [6.45, 7) is 33.5. The van der Waals surface area contributed by atoms with Crippen molar-refractivity contribution >= 4 is 113 Å². The number of aromatic nitrogens is 8. The van der Waals surface area contributed by atoms with Crippen LogP contribution < -0.4 is 32.6 Å². The molecule has 1 saturated heterocycles. The second-order valence-electron chi connectivity index (χ2n) is 24.5. The van der Waals surface area contributed by atoms with Crippen LogP contribution in [0, 0.1) is 38.2 Å². The fourth-order valence-corrected chi connectivity index (χ4v) is 9.60. The number of hydrogen-bond acceptors (Lipinski definition) is 13. The Kier molecular flexibility index (Phi) is 20.8. The third-order valence-electron chi connectivity index (χ3n) is 15.7. The minimum atomic E-state index is -0.441. The summed E-state index contributed by atoms with van der Waals surface area (Å²) in [6.07, 6.45) is 4.42. The van der Waals surface area contributed by atoms with Crippen LogP contribution in [0.1, 0.15) is 158 Å². The molecule has 0 saturated carbocycles. The first kappa shape index (κ1) is 67.3. The number of aromatic amines is 2. The first-order chi connectivity index (χ1) is 40.1. The Morgan fingerprint density at radius 1 is 0.616 bits per heavy atom. The number of carbonyl (C=O) groups is 2. The zero-order valence-corrected chi connectivity index (χ0v) is 55.7.